The predicted molar refractivity (Wildman–Crippen MR) is 66.3 cm³/mol. The van der Waals surface area contributed by atoms with Crippen molar-refractivity contribution in [1.82, 2.24) is 9.97 Å². The van der Waals surface area contributed by atoms with Crippen LogP contribution >= 0.6 is 23.5 Å². The highest BCUT2D eigenvalue weighted by Crippen LogP contribution is 2.26. The second-order valence-corrected chi connectivity index (χ2v) is 4.79. The lowest BCUT2D eigenvalue weighted by atomic mass is 10.4. The monoisotopic (exact) mass is 283 g/mol. The maximum Gasteiger partial charge on any atom is 0.316 e. The van der Waals surface area contributed by atoms with Crippen LogP contribution in [0.3, 0.4) is 0 Å². The zero-order valence-electron chi connectivity index (χ0n) is 9.45. The molecule has 0 spiro atoms. The van der Waals surface area contributed by atoms with Crippen molar-refractivity contribution in [3.05, 3.63) is 11.9 Å². The highest BCUT2D eigenvalue weighted by Gasteiger charge is 2.13. The van der Waals surface area contributed by atoms with E-state index in [4.69, 9.17) is 5.26 Å². The van der Waals surface area contributed by atoms with Crippen molar-refractivity contribution >= 4 is 35.8 Å². The lowest BCUT2D eigenvalue weighted by Gasteiger charge is -2.05. The number of esters is 1. The molecule has 0 aliphatic rings. The molecule has 1 rings (SSSR count). The van der Waals surface area contributed by atoms with Gasteiger partial charge in [-0.05, 0) is 0 Å². The molecular weight excluding hydrogens is 274 g/mol. The molecule has 1 aromatic heterocycles. The molecule has 0 amide bonds. The van der Waals surface area contributed by atoms with Gasteiger partial charge in [0.15, 0.2) is 0 Å². The topological polar surface area (TPSA) is 92.9 Å². The fraction of sp³-hybridized carbons (Fsp3) is 0.300. The van der Waals surface area contributed by atoms with E-state index in [0.29, 0.717) is 10.1 Å². The fourth-order valence-corrected chi connectivity index (χ4v) is 2.45. The summed E-state index contributed by atoms with van der Waals surface area (Å²) in [4.78, 5) is 29.2. The highest BCUT2D eigenvalue weighted by atomic mass is 32.2. The third kappa shape index (κ3) is 4.01. The number of aromatic nitrogens is 2. The van der Waals surface area contributed by atoms with Crippen LogP contribution in [0.4, 0.5) is 0 Å². The van der Waals surface area contributed by atoms with Crippen molar-refractivity contribution in [3.63, 3.8) is 0 Å². The summed E-state index contributed by atoms with van der Waals surface area (Å²) in [5, 5.41) is 9.91. The van der Waals surface area contributed by atoms with Crippen molar-refractivity contribution in [1.29, 1.82) is 5.26 Å². The van der Waals surface area contributed by atoms with Gasteiger partial charge >= 0.3 is 5.97 Å². The zero-order valence-corrected chi connectivity index (χ0v) is 11.1. The van der Waals surface area contributed by atoms with Gasteiger partial charge in [0.05, 0.1) is 18.6 Å². The first kappa shape index (κ1) is 14.5. The molecule has 0 fully saturated rings. The quantitative estimate of drug-likeness (QED) is 0.329. The number of nitrogens with zero attached hydrogens (tertiary/aromatic N) is 3. The Hall–Kier alpha value is -1.59. The average Bonchev–Trinajstić information content (AvgIpc) is 2.42. The van der Waals surface area contributed by atoms with Gasteiger partial charge in [0.25, 0.3) is 0 Å². The van der Waals surface area contributed by atoms with Crippen LogP contribution in [0.1, 0.15) is 5.56 Å². The maximum absolute atomic E-state index is 11.0. The lowest BCUT2D eigenvalue weighted by molar-refractivity contribution is -0.137. The Morgan fingerprint density at radius 2 is 2.17 bits per heavy atom. The zero-order chi connectivity index (χ0) is 13.4. The molecular formula is C10H9N3O3S2. The Bertz CT molecular complexity index is 488. The van der Waals surface area contributed by atoms with E-state index >= 15 is 0 Å². The van der Waals surface area contributed by atoms with E-state index in [9.17, 15) is 9.59 Å². The Morgan fingerprint density at radius 1 is 1.50 bits per heavy atom. The molecule has 0 saturated carbocycles. The Kier molecular flexibility index (Phi) is 6.18. The van der Waals surface area contributed by atoms with Gasteiger partial charge in [0.2, 0.25) is 0 Å². The molecule has 1 heterocycles. The standard InChI is InChI=1S/C10H9N3O3S2/c1-16-8(15)5-18-10-7(4-11)9(12-6-13-10)17-3-2-14/h2,6H,3,5H2,1H3. The Labute approximate surface area is 112 Å². The molecule has 0 atom stereocenters. The summed E-state index contributed by atoms with van der Waals surface area (Å²) in [5.41, 5.74) is 0.276. The summed E-state index contributed by atoms with van der Waals surface area (Å²) < 4.78 is 4.50. The molecule has 1 aromatic rings. The summed E-state index contributed by atoms with van der Waals surface area (Å²) in [6.45, 7) is 0. The van der Waals surface area contributed by atoms with Crippen LogP contribution < -0.4 is 0 Å². The molecule has 0 bridgehead atoms. The lowest BCUT2D eigenvalue weighted by Crippen LogP contribution is -2.04. The minimum Gasteiger partial charge on any atom is -0.468 e. The van der Waals surface area contributed by atoms with Crippen LogP contribution in [-0.4, -0.2) is 40.8 Å². The van der Waals surface area contributed by atoms with Crippen molar-refractivity contribution in [2.75, 3.05) is 18.6 Å². The number of methoxy groups -OCH3 is 1. The summed E-state index contributed by atoms with van der Waals surface area (Å²) in [7, 11) is 1.29. The minimum absolute atomic E-state index is 0.0694. The van der Waals surface area contributed by atoms with Gasteiger partial charge in [0, 0.05) is 0 Å². The number of nitriles is 1. The molecule has 94 valence electrons. The number of rotatable bonds is 6. The van der Waals surface area contributed by atoms with E-state index in [0.717, 1.165) is 29.8 Å². The number of thioether (sulfide) groups is 2. The molecule has 0 radical (unpaired) electrons. The molecule has 18 heavy (non-hydrogen) atoms. The van der Waals surface area contributed by atoms with Gasteiger partial charge in [-0.3, -0.25) is 4.79 Å². The van der Waals surface area contributed by atoms with Crippen LogP contribution in [0.5, 0.6) is 0 Å². The fourth-order valence-electron chi connectivity index (χ4n) is 0.968. The summed E-state index contributed by atoms with van der Waals surface area (Å²) in [6.07, 6.45) is 2.03. The first-order valence-corrected chi connectivity index (χ1v) is 6.71. The first-order valence-electron chi connectivity index (χ1n) is 4.74. The highest BCUT2D eigenvalue weighted by molar-refractivity contribution is 8.00. The molecule has 0 unspecified atom stereocenters. The normalized spacial score (nSPS) is 9.56. The van der Waals surface area contributed by atoms with Gasteiger partial charge < -0.3 is 9.53 Å². The van der Waals surface area contributed by atoms with E-state index in [-0.39, 0.29) is 17.1 Å². The van der Waals surface area contributed by atoms with Crippen LogP contribution in [0, 0.1) is 11.3 Å². The predicted octanol–water partition coefficient (Wildman–Crippen LogP) is 0.904. The second kappa shape index (κ2) is 7.68. The van der Waals surface area contributed by atoms with Gasteiger partial charge in [-0.2, -0.15) is 5.26 Å². The van der Waals surface area contributed by atoms with Crippen molar-refractivity contribution in [2.24, 2.45) is 0 Å². The molecule has 0 aliphatic heterocycles. The van der Waals surface area contributed by atoms with E-state index in [1.807, 2.05) is 6.07 Å². The molecule has 8 heteroatoms. The number of hydrogen-bond donors (Lipinski definition) is 0. The van der Waals surface area contributed by atoms with E-state index in [2.05, 4.69) is 14.7 Å². The van der Waals surface area contributed by atoms with E-state index < -0.39 is 5.97 Å². The van der Waals surface area contributed by atoms with Gasteiger partial charge in [-0.25, -0.2) is 9.97 Å². The van der Waals surface area contributed by atoms with Crippen LogP contribution in [0.25, 0.3) is 0 Å². The van der Waals surface area contributed by atoms with Gasteiger partial charge in [-0.15, -0.1) is 0 Å². The molecule has 0 aromatic carbocycles. The van der Waals surface area contributed by atoms with Crippen molar-refractivity contribution in [2.45, 2.75) is 10.1 Å². The number of carbonyl (C=O) groups excluding carboxylic acids is 2. The summed E-state index contributed by atoms with van der Waals surface area (Å²) in [6, 6.07) is 1.98. The van der Waals surface area contributed by atoms with Crippen LogP contribution in [0.15, 0.2) is 16.4 Å². The minimum atomic E-state index is -0.399. The molecule has 0 saturated heterocycles. The molecule has 0 aliphatic carbocycles. The maximum atomic E-state index is 11.0. The third-order valence-electron chi connectivity index (χ3n) is 1.73. The number of ether oxygens (including phenoxy) is 1. The second-order valence-electron chi connectivity index (χ2n) is 2.81. The molecule has 0 N–H and O–H groups in total. The first-order chi connectivity index (χ1) is 8.72. The molecule has 6 nitrogen and oxygen atoms in total. The van der Waals surface area contributed by atoms with Crippen LogP contribution in [0.2, 0.25) is 0 Å². The van der Waals surface area contributed by atoms with Crippen molar-refractivity contribution in [3.8, 4) is 6.07 Å². The SMILES string of the molecule is COC(=O)CSc1ncnc(SCC=O)c1C#N. The Morgan fingerprint density at radius 3 is 2.72 bits per heavy atom. The van der Waals surface area contributed by atoms with Gasteiger partial charge in [-0.1, -0.05) is 23.5 Å². The Balaban J connectivity index is 2.87. The van der Waals surface area contributed by atoms with Gasteiger partial charge in [0.1, 0.15) is 34.3 Å². The van der Waals surface area contributed by atoms with E-state index in [1.54, 1.807) is 0 Å². The smallest absolute Gasteiger partial charge is 0.316 e. The third-order valence-corrected chi connectivity index (χ3v) is 3.58. The number of aldehydes is 1. The number of hydrogen-bond acceptors (Lipinski definition) is 8. The summed E-state index contributed by atoms with van der Waals surface area (Å²) >= 11 is 2.26. The van der Waals surface area contributed by atoms with Crippen LogP contribution in [-0.2, 0) is 14.3 Å². The largest absolute Gasteiger partial charge is 0.468 e. The van der Waals surface area contributed by atoms with E-state index in [1.165, 1.54) is 13.4 Å². The summed E-state index contributed by atoms with van der Waals surface area (Å²) in [5.74, 6) is -0.114. The average molecular weight is 283 g/mol. The van der Waals surface area contributed by atoms with Crippen molar-refractivity contribution < 1.29 is 14.3 Å². The number of carbonyl (C=O) groups is 2.